The van der Waals surface area contributed by atoms with Gasteiger partial charge in [-0.1, -0.05) is 32.9 Å². The second-order valence-electron chi connectivity index (χ2n) is 11.8. The Labute approximate surface area is 263 Å². The molecule has 9 nitrogen and oxygen atoms in total. The van der Waals surface area contributed by atoms with Crippen LogP contribution in [-0.2, 0) is 9.53 Å². The molecule has 2 N–H and O–H groups in total. The van der Waals surface area contributed by atoms with Gasteiger partial charge in [-0.3, -0.25) is 9.78 Å². The zero-order chi connectivity index (χ0) is 31.8. The minimum Gasteiger partial charge on any atom is -0.494 e. The number of nitrogens with one attached hydrogen (secondary N) is 2. The molecule has 0 aliphatic carbocycles. The van der Waals surface area contributed by atoms with Crippen LogP contribution in [0.3, 0.4) is 0 Å². The van der Waals surface area contributed by atoms with E-state index in [4.69, 9.17) is 21.7 Å². The number of hydrogen-bond donors (Lipinski definition) is 2. The zero-order valence-electron chi connectivity index (χ0n) is 26.0. The highest BCUT2D eigenvalue weighted by Crippen LogP contribution is 2.45. The van der Waals surface area contributed by atoms with Gasteiger partial charge in [0, 0.05) is 40.4 Å². The third kappa shape index (κ3) is 5.77. The van der Waals surface area contributed by atoms with Crippen LogP contribution in [0, 0.1) is 19.3 Å². The molecule has 2 aromatic heterocycles. The molecule has 0 saturated carbocycles. The number of carbonyl (C=O) groups excluding carboxylic acids is 2. The maximum absolute atomic E-state index is 12.8. The maximum atomic E-state index is 12.8. The molecule has 2 aromatic carbocycles. The molecule has 0 radical (unpaired) electrons. The third-order valence-electron chi connectivity index (χ3n) is 7.81. The molecule has 1 aliphatic rings. The van der Waals surface area contributed by atoms with Gasteiger partial charge in [0.05, 0.1) is 43.2 Å². The van der Waals surface area contributed by atoms with Crippen LogP contribution in [0.25, 0.3) is 5.69 Å². The van der Waals surface area contributed by atoms with E-state index in [2.05, 4.69) is 38.1 Å². The summed E-state index contributed by atoms with van der Waals surface area (Å²) in [5, 5.41) is 7.04. The minimum atomic E-state index is -0.565. The molecule has 0 spiro atoms. The largest absolute Gasteiger partial charge is 0.494 e. The monoisotopic (exact) mass is 611 g/mol. The standard InChI is InChI=1S/C34H37N5O4S/c1-20-17-25(21(2)38(20)23-12-10-11-22(18-23)31(40)43-7)30-29(27-13-8-9-16-35-27)37-33(44)39(30)24-14-15-26(28(19-24)42-6)36-32(41)34(3,4)5/h8-19,29-30H,1-7H3,(H,36,41)(H,37,44)/t29-,30-/m1/s1. The van der Waals surface area contributed by atoms with Gasteiger partial charge in [0.1, 0.15) is 5.75 Å². The first-order valence-electron chi connectivity index (χ1n) is 14.3. The van der Waals surface area contributed by atoms with Crippen LogP contribution >= 0.6 is 12.2 Å². The van der Waals surface area contributed by atoms with Crippen LogP contribution in [0.4, 0.5) is 11.4 Å². The smallest absolute Gasteiger partial charge is 0.337 e. The van der Waals surface area contributed by atoms with E-state index in [0.29, 0.717) is 22.1 Å². The lowest BCUT2D eigenvalue weighted by Crippen LogP contribution is -2.30. The molecule has 0 bridgehead atoms. The van der Waals surface area contributed by atoms with Gasteiger partial charge < -0.3 is 29.6 Å². The van der Waals surface area contributed by atoms with E-state index in [9.17, 15) is 9.59 Å². The lowest BCUT2D eigenvalue weighted by molar-refractivity contribution is -0.123. The quantitative estimate of drug-likeness (QED) is 0.182. The molecule has 2 atom stereocenters. The van der Waals surface area contributed by atoms with Crippen molar-refractivity contribution in [3.05, 3.63) is 101 Å². The average Bonchev–Trinajstić information content (AvgIpc) is 3.51. The number of benzene rings is 2. The number of aryl methyl sites for hydroxylation is 1. The summed E-state index contributed by atoms with van der Waals surface area (Å²) < 4.78 is 12.8. The Morgan fingerprint density at radius 1 is 0.977 bits per heavy atom. The van der Waals surface area contributed by atoms with Crippen LogP contribution in [0.5, 0.6) is 5.75 Å². The van der Waals surface area contributed by atoms with Crippen molar-refractivity contribution in [3.63, 3.8) is 0 Å². The van der Waals surface area contributed by atoms with Crippen molar-refractivity contribution in [1.29, 1.82) is 0 Å². The molecular formula is C34H37N5O4S. The number of pyridine rings is 1. The molecule has 4 aromatic rings. The highest BCUT2D eigenvalue weighted by Gasteiger charge is 2.42. The van der Waals surface area contributed by atoms with E-state index < -0.39 is 11.4 Å². The first kappa shape index (κ1) is 30.7. The third-order valence-corrected chi connectivity index (χ3v) is 8.12. The van der Waals surface area contributed by atoms with Crippen molar-refractivity contribution < 1.29 is 19.1 Å². The fraction of sp³-hybridized carbons (Fsp3) is 0.294. The number of rotatable bonds is 7. The number of nitrogens with zero attached hydrogens (tertiary/aromatic N) is 3. The van der Waals surface area contributed by atoms with E-state index in [1.807, 2.05) is 82.3 Å². The van der Waals surface area contributed by atoms with Crippen molar-refractivity contribution in [1.82, 2.24) is 14.9 Å². The summed E-state index contributed by atoms with van der Waals surface area (Å²) in [5.74, 6) is 0.0177. The number of anilines is 2. The lowest BCUT2D eigenvalue weighted by atomic mass is 9.95. The summed E-state index contributed by atoms with van der Waals surface area (Å²) >= 11 is 5.96. The number of amides is 1. The normalized spacial score (nSPS) is 16.4. The Morgan fingerprint density at radius 3 is 2.41 bits per heavy atom. The first-order valence-corrected chi connectivity index (χ1v) is 14.7. The van der Waals surface area contributed by atoms with Crippen molar-refractivity contribution in [2.75, 3.05) is 24.4 Å². The van der Waals surface area contributed by atoms with Gasteiger partial charge in [-0.2, -0.15) is 0 Å². The van der Waals surface area contributed by atoms with Crippen LogP contribution in [0.2, 0.25) is 0 Å². The summed E-state index contributed by atoms with van der Waals surface area (Å²) in [6, 6.07) is 20.5. The Bertz CT molecular complexity index is 1730. The number of methoxy groups -OCH3 is 2. The Kier molecular flexibility index (Phi) is 8.47. The molecule has 10 heteroatoms. The van der Waals surface area contributed by atoms with Crippen LogP contribution < -0.4 is 20.3 Å². The number of aromatic nitrogens is 2. The van der Waals surface area contributed by atoms with Crippen LogP contribution in [0.15, 0.2) is 72.9 Å². The lowest BCUT2D eigenvalue weighted by Gasteiger charge is -2.29. The SMILES string of the molecule is COC(=O)c1cccc(-n2c(C)cc([C@@H]3[C@@H](c4ccccn4)NC(=S)N3c3ccc(NC(=O)C(C)(C)C)c(OC)c3)c2C)c1. The Balaban J connectivity index is 1.63. The van der Waals surface area contributed by atoms with E-state index >= 15 is 0 Å². The number of thiocarbonyl (C=S) groups is 1. The van der Waals surface area contributed by atoms with E-state index in [1.165, 1.54) is 7.11 Å². The zero-order valence-corrected chi connectivity index (χ0v) is 26.8. The summed E-state index contributed by atoms with van der Waals surface area (Å²) in [7, 11) is 2.96. The maximum Gasteiger partial charge on any atom is 0.337 e. The number of carbonyl (C=O) groups is 2. The Morgan fingerprint density at radius 2 is 1.75 bits per heavy atom. The topological polar surface area (TPSA) is 97.7 Å². The van der Waals surface area contributed by atoms with Gasteiger partial charge >= 0.3 is 5.97 Å². The number of hydrogen-bond acceptors (Lipinski definition) is 6. The highest BCUT2D eigenvalue weighted by molar-refractivity contribution is 7.80. The molecule has 3 heterocycles. The molecule has 0 unspecified atom stereocenters. The summed E-state index contributed by atoms with van der Waals surface area (Å²) in [4.78, 5) is 31.8. The molecule has 5 rings (SSSR count). The minimum absolute atomic E-state index is 0.112. The summed E-state index contributed by atoms with van der Waals surface area (Å²) in [6.07, 6.45) is 1.77. The van der Waals surface area contributed by atoms with Gasteiger partial charge in [-0.15, -0.1) is 0 Å². The van der Waals surface area contributed by atoms with Gasteiger partial charge in [0.2, 0.25) is 5.91 Å². The van der Waals surface area contributed by atoms with Crippen LogP contribution in [0.1, 0.15) is 65.9 Å². The predicted molar refractivity (Wildman–Crippen MR) is 176 cm³/mol. The number of esters is 1. The van der Waals surface area contributed by atoms with Gasteiger partial charge in [-0.25, -0.2) is 4.79 Å². The van der Waals surface area contributed by atoms with Crippen molar-refractivity contribution in [2.45, 2.75) is 46.7 Å². The molecule has 1 saturated heterocycles. The number of ether oxygens (including phenoxy) is 2. The van der Waals surface area contributed by atoms with Gasteiger partial charge in [-0.05, 0) is 80.2 Å². The van der Waals surface area contributed by atoms with Gasteiger partial charge in [0.25, 0.3) is 0 Å². The molecule has 1 fully saturated rings. The Hall–Kier alpha value is -4.70. The van der Waals surface area contributed by atoms with E-state index in [0.717, 1.165) is 34.0 Å². The summed E-state index contributed by atoms with van der Waals surface area (Å²) in [6.45, 7) is 9.69. The predicted octanol–water partition coefficient (Wildman–Crippen LogP) is 6.45. The molecule has 44 heavy (non-hydrogen) atoms. The van der Waals surface area contributed by atoms with Crippen molar-refractivity contribution in [2.24, 2.45) is 5.41 Å². The molecule has 1 aliphatic heterocycles. The van der Waals surface area contributed by atoms with E-state index in [1.54, 1.807) is 19.4 Å². The molecule has 1 amide bonds. The molecular weight excluding hydrogens is 574 g/mol. The summed E-state index contributed by atoms with van der Waals surface area (Å²) in [5.41, 5.74) is 6.02. The average molecular weight is 612 g/mol. The second-order valence-corrected chi connectivity index (χ2v) is 12.2. The second kappa shape index (κ2) is 12.1. The van der Waals surface area contributed by atoms with Crippen molar-refractivity contribution >= 4 is 40.6 Å². The molecule has 228 valence electrons. The van der Waals surface area contributed by atoms with Crippen molar-refractivity contribution in [3.8, 4) is 11.4 Å². The van der Waals surface area contributed by atoms with E-state index in [-0.39, 0.29) is 18.0 Å². The fourth-order valence-corrected chi connectivity index (χ4v) is 5.91. The fourth-order valence-electron chi connectivity index (χ4n) is 5.57. The van der Waals surface area contributed by atoms with Gasteiger partial charge in [0.15, 0.2) is 5.11 Å². The highest BCUT2D eigenvalue weighted by atomic mass is 32.1. The van der Waals surface area contributed by atoms with Crippen LogP contribution in [-0.4, -0.2) is 40.8 Å². The first-order chi connectivity index (χ1) is 20.9.